The highest BCUT2D eigenvalue weighted by atomic mass is 16.3. The van der Waals surface area contributed by atoms with Gasteiger partial charge in [0.2, 0.25) is 0 Å². The van der Waals surface area contributed by atoms with Gasteiger partial charge in [0, 0.05) is 13.1 Å². The smallest absolute Gasteiger partial charge is 0.0746 e. The van der Waals surface area contributed by atoms with Gasteiger partial charge in [0.15, 0.2) is 0 Å². The maximum Gasteiger partial charge on any atom is 0.0746 e. The predicted molar refractivity (Wildman–Crippen MR) is 77.7 cm³/mol. The van der Waals surface area contributed by atoms with Gasteiger partial charge in [0.1, 0.15) is 0 Å². The van der Waals surface area contributed by atoms with Crippen molar-refractivity contribution < 1.29 is 5.11 Å². The summed E-state index contributed by atoms with van der Waals surface area (Å²) in [6, 6.07) is 6.56. The maximum absolute atomic E-state index is 10.2. The molecule has 1 atom stereocenters. The number of hydrogen-bond donors (Lipinski definition) is 2. The topological polar surface area (TPSA) is 32.3 Å². The Bertz CT molecular complexity index is 362. The highest BCUT2D eigenvalue weighted by Gasteiger charge is 2.20. The molecule has 0 amide bonds. The standard InChI is InChI=1S/C16H27NO/c1-12(2)9-16(5,18)11-17-10-15-7-13(3)6-14(4)8-15/h6-8,12,17-18H,9-11H2,1-5H3. The molecular formula is C16H27NO. The van der Waals surface area contributed by atoms with Gasteiger partial charge < -0.3 is 10.4 Å². The van der Waals surface area contributed by atoms with Crippen LogP contribution in [0.25, 0.3) is 0 Å². The summed E-state index contributed by atoms with van der Waals surface area (Å²) in [6.45, 7) is 11.9. The van der Waals surface area contributed by atoms with Gasteiger partial charge in [0.25, 0.3) is 0 Å². The van der Waals surface area contributed by atoms with Crippen LogP contribution in [0.4, 0.5) is 0 Å². The van der Waals surface area contributed by atoms with Crippen molar-refractivity contribution in [3.05, 3.63) is 34.9 Å². The molecule has 0 saturated carbocycles. The monoisotopic (exact) mass is 249 g/mol. The number of nitrogens with one attached hydrogen (secondary N) is 1. The Hall–Kier alpha value is -0.860. The van der Waals surface area contributed by atoms with Gasteiger partial charge in [-0.3, -0.25) is 0 Å². The fourth-order valence-electron chi connectivity index (χ4n) is 2.60. The molecule has 0 bridgehead atoms. The van der Waals surface area contributed by atoms with E-state index < -0.39 is 5.60 Å². The van der Waals surface area contributed by atoms with E-state index in [1.165, 1.54) is 16.7 Å². The van der Waals surface area contributed by atoms with Gasteiger partial charge in [-0.25, -0.2) is 0 Å². The molecule has 1 unspecified atom stereocenters. The predicted octanol–water partition coefficient (Wildman–Crippen LogP) is 3.19. The highest BCUT2D eigenvalue weighted by molar-refractivity contribution is 5.28. The van der Waals surface area contributed by atoms with E-state index >= 15 is 0 Å². The molecule has 0 saturated heterocycles. The molecule has 0 aromatic heterocycles. The Kier molecular flexibility index (Phi) is 5.36. The zero-order valence-corrected chi connectivity index (χ0v) is 12.4. The highest BCUT2D eigenvalue weighted by Crippen LogP contribution is 2.15. The van der Waals surface area contributed by atoms with Crippen LogP contribution in [-0.4, -0.2) is 17.3 Å². The minimum atomic E-state index is -0.618. The van der Waals surface area contributed by atoms with Crippen molar-refractivity contribution in [3.8, 4) is 0 Å². The van der Waals surface area contributed by atoms with Crippen molar-refractivity contribution in [1.82, 2.24) is 5.32 Å². The lowest BCUT2D eigenvalue weighted by molar-refractivity contribution is 0.0383. The molecule has 2 nitrogen and oxygen atoms in total. The van der Waals surface area contributed by atoms with Crippen molar-refractivity contribution in [3.63, 3.8) is 0 Å². The molecule has 0 aliphatic heterocycles. The lowest BCUT2D eigenvalue weighted by Gasteiger charge is -2.25. The summed E-state index contributed by atoms with van der Waals surface area (Å²) in [6.07, 6.45) is 0.826. The first-order valence-electron chi connectivity index (χ1n) is 6.79. The average molecular weight is 249 g/mol. The zero-order valence-electron chi connectivity index (χ0n) is 12.4. The summed E-state index contributed by atoms with van der Waals surface area (Å²) in [5.41, 5.74) is 3.25. The Morgan fingerprint density at radius 1 is 1.17 bits per heavy atom. The van der Waals surface area contributed by atoms with E-state index in [0.717, 1.165) is 13.0 Å². The summed E-state index contributed by atoms with van der Waals surface area (Å²) in [5.74, 6) is 0.517. The number of rotatable bonds is 6. The Labute approximate surface area is 111 Å². The summed E-state index contributed by atoms with van der Waals surface area (Å²) >= 11 is 0. The first kappa shape index (κ1) is 15.2. The quantitative estimate of drug-likeness (QED) is 0.811. The van der Waals surface area contributed by atoms with Crippen LogP contribution < -0.4 is 5.32 Å². The fourth-order valence-corrected chi connectivity index (χ4v) is 2.60. The van der Waals surface area contributed by atoms with Gasteiger partial charge in [-0.2, -0.15) is 0 Å². The first-order valence-corrected chi connectivity index (χ1v) is 6.79. The first-order chi connectivity index (χ1) is 8.28. The third-order valence-electron chi connectivity index (χ3n) is 2.96. The van der Waals surface area contributed by atoms with Gasteiger partial charge in [-0.05, 0) is 38.7 Å². The third-order valence-corrected chi connectivity index (χ3v) is 2.96. The van der Waals surface area contributed by atoms with E-state index in [2.05, 4.69) is 51.2 Å². The zero-order chi connectivity index (χ0) is 13.8. The lowest BCUT2D eigenvalue weighted by atomic mass is 9.94. The second kappa shape index (κ2) is 6.35. The van der Waals surface area contributed by atoms with Crippen molar-refractivity contribution in [2.45, 2.75) is 53.2 Å². The third kappa shape index (κ3) is 5.65. The minimum Gasteiger partial charge on any atom is -0.389 e. The average Bonchev–Trinajstić information content (AvgIpc) is 2.12. The second-order valence-corrected chi connectivity index (χ2v) is 6.19. The Balaban J connectivity index is 2.46. The summed E-state index contributed by atoms with van der Waals surface area (Å²) < 4.78 is 0. The lowest BCUT2D eigenvalue weighted by Crippen LogP contribution is -2.38. The van der Waals surface area contributed by atoms with Crippen LogP contribution in [0.2, 0.25) is 0 Å². The van der Waals surface area contributed by atoms with Gasteiger partial charge in [-0.15, -0.1) is 0 Å². The molecule has 1 aromatic rings. The van der Waals surface area contributed by atoms with E-state index in [1.54, 1.807) is 0 Å². The van der Waals surface area contributed by atoms with Crippen molar-refractivity contribution in [2.24, 2.45) is 5.92 Å². The van der Waals surface area contributed by atoms with Crippen LogP contribution in [0.15, 0.2) is 18.2 Å². The normalized spacial score (nSPS) is 14.8. The SMILES string of the molecule is Cc1cc(C)cc(CNCC(C)(O)CC(C)C)c1. The van der Waals surface area contributed by atoms with Gasteiger partial charge in [-0.1, -0.05) is 43.2 Å². The number of benzene rings is 1. The van der Waals surface area contributed by atoms with Crippen LogP contribution in [-0.2, 0) is 6.54 Å². The molecule has 0 fully saturated rings. The van der Waals surface area contributed by atoms with Crippen molar-refractivity contribution in [1.29, 1.82) is 0 Å². The van der Waals surface area contributed by atoms with Crippen molar-refractivity contribution >= 4 is 0 Å². The van der Waals surface area contributed by atoms with E-state index in [9.17, 15) is 5.11 Å². The van der Waals surface area contributed by atoms with E-state index in [0.29, 0.717) is 12.5 Å². The van der Waals surface area contributed by atoms with E-state index in [1.807, 2.05) is 6.92 Å². The van der Waals surface area contributed by atoms with Crippen molar-refractivity contribution in [2.75, 3.05) is 6.54 Å². The molecule has 1 aromatic carbocycles. The molecule has 0 heterocycles. The van der Waals surface area contributed by atoms with Crippen LogP contribution in [0, 0.1) is 19.8 Å². The number of aryl methyl sites for hydroxylation is 2. The van der Waals surface area contributed by atoms with Crippen LogP contribution in [0.5, 0.6) is 0 Å². The minimum absolute atomic E-state index is 0.517. The molecule has 18 heavy (non-hydrogen) atoms. The molecule has 2 N–H and O–H groups in total. The molecular weight excluding hydrogens is 222 g/mol. The Morgan fingerprint density at radius 3 is 2.22 bits per heavy atom. The summed E-state index contributed by atoms with van der Waals surface area (Å²) in [5, 5.41) is 13.6. The number of hydrogen-bond acceptors (Lipinski definition) is 2. The van der Waals surface area contributed by atoms with E-state index in [-0.39, 0.29) is 0 Å². The van der Waals surface area contributed by atoms with E-state index in [4.69, 9.17) is 0 Å². The number of aliphatic hydroxyl groups is 1. The maximum atomic E-state index is 10.2. The molecule has 0 aliphatic carbocycles. The van der Waals surface area contributed by atoms with Crippen LogP contribution in [0.3, 0.4) is 0 Å². The molecule has 1 rings (SSSR count). The molecule has 102 valence electrons. The van der Waals surface area contributed by atoms with Crippen LogP contribution in [0.1, 0.15) is 43.9 Å². The van der Waals surface area contributed by atoms with Gasteiger partial charge >= 0.3 is 0 Å². The molecule has 2 heteroatoms. The Morgan fingerprint density at radius 2 is 1.72 bits per heavy atom. The summed E-state index contributed by atoms with van der Waals surface area (Å²) in [4.78, 5) is 0. The molecule has 0 radical (unpaired) electrons. The molecule has 0 aliphatic rings. The second-order valence-electron chi connectivity index (χ2n) is 6.19. The molecule has 0 spiro atoms. The van der Waals surface area contributed by atoms with Gasteiger partial charge in [0.05, 0.1) is 5.60 Å². The summed E-state index contributed by atoms with van der Waals surface area (Å²) in [7, 11) is 0. The largest absolute Gasteiger partial charge is 0.389 e. The van der Waals surface area contributed by atoms with Crippen LogP contribution >= 0.6 is 0 Å². The fraction of sp³-hybridized carbons (Fsp3) is 0.625.